The molecule has 0 atom stereocenters. The van der Waals surface area contributed by atoms with Crippen LogP contribution in [0.5, 0.6) is 5.75 Å². The van der Waals surface area contributed by atoms with Crippen LogP contribution in [0.2, 0.25) is 0 Å². The fourth-order valence-electron chi connectivity index (χ4n) is 2.01. The monoisotopic (exact) mass is 275 g/mol. The van der Waals surface area contributed by atoms with Crippen molar-refractivity contribution in [2.45, 2.75) is 32.0 Å². The van der Waals surface area contributed by atoms with Crippen molar-refractivity contribution in [3.63, 3.8) is 0 Å². The van der Waals surface area contributed by atoms with Crippen LogP contribution < -0.4 is 10.1 Å². The molecule has 1 heterocycles. The van der Waals surface area contributed by atoms with Gasteiger partial charge in [-0.25, -0.2) is 4.39 Å². The van der Waals surface area contributed by atoms with E-state index in [0.717, 1.165) is 11.3 Å². The van der Waals surface area contributed by atoms with Crippen molar-refractivity contribution in [2.24, 2.45) is 7.05 Å². The summed E-state index contributed by atoms with van der Waals surface area (Å²) in [5.41, 5.74) is 1.73. The number of rotatable bonds is 6. The quantitative estimate of drug-likeness (QED) is 0.880. The highest BCUT2D eigenvalue weighted by Crippen LogP contribution is 2.22. The molecule has 4 nitrogen and oxygen atoms in total. The van der Waals surface area contributed by atoms with Gasteiger partial charge in [-0.15, -0.1) is 0 Å². The highest BCUT2D eigenvalue weighted by atomic mass is 19.1. The lowest BCUT2D eigenvalue weighted by atomic mass is 10.2. The standard InChI is InChI=1S/C15H18FN3O/c1-19-7-6-13(18-19)10-20-15-5-2-11(8-14(15)16)9-17-12-3-4-12/h2,5-8,12,17H,3-4,9-10H2,1H3. The highest BCUT2D eigenvalue weighted by molar-refractivity contribution is 5.29. The summed E-state index contributed by atoms with van der Waals surface area (Å²) in [4.78, 5) is 0. The van der Waals surface area contributed by atoms with E-state index >= 15 is 0 Å². The molecule has 0 spiro atoms. The molecule has 0 saturated heterocycles. The Morgan fingerprint density at radius 3 is 2.90 bits per heavy atom. The first-order valence-corrected chi connectivity index (χ1v) is 6.84. The summed E-state index contributed by atoms with van der Waals surface area (Å²) < 4.78 is 21.1. The number of hydrogen-bond donors (Lipinski definition) is 1. The van der Waals surface area contributed by atoms with Crippen LogP contribution in [0.4, 0.5) is 4.39 Å². The molecule has 1 aliphatic rings. The second-order valence-corrected chi connectivity index (χ2v) is 5.19. The summed E-state index contributed by atoms with van der Waals surface area (Å²) in [5.74, 6) is -0.0538. The van der Waals surface area contributed by atoms with E-state index in [1.54, 1.807) is 10.7 Å². The largest absolute Gasteiger partial charge is 0.484 e. The number of benzene rings is 1. The minimum Gasteiger partial charge on any atom is -0.484 e. The van der Waals surface area contributed by atoms with Gasteiger partial charge in [-0.2, -0.15) is 5.10 Å². The average molecular weight is 275 g/mol. The van der Waals surface area contributed by atoms with Crippen LogP contribution in [0, 0.1) is 5.82 Å². The highest BCUT2D eigenvalue weighted by Gasteiger charge is 2.20. The predicted octanol–water partition coefficient (Wildman–Crippen LogP) is 2.39. The van der Waals surface area contributed by atoms with Gasteiger partial charge in [0.25, 0.3) is 0 Å². The Labute approximate surface area is 117 Å². The van der Waals surface area contributed by atoms with Crippen molar-refractivity contribution < 1.29 is 9.13 Å². The molecule has 0 unspecified atom stereocenters. The molecule has 1 N–H and O–H groups in total. The third-order valence-corrected chi connectivity index (χ3v) is 3.31. The Morgan fingerprint density at radius 1 is 1.40 bits per heavy atom. The van der Waals surface area contributed by atoms with Gasteiger partial charge in [-0.3, -0.25) is 4.68 Å². The second kappa shape index (κ2) is 5.63. The third-order valence-electron chi connectivity index (χ3n) is 3.31. The van der Waals surface area contributed by atoms with Crippen LogP contribution in [0.3, 0.4) is 0 Å². The third kappa shape index (κ3) is 3.36. The molecule has 1 aromatic heterocycles. The number of ether oxygens (including phenoxy) is 1. The molecule has 2 aromatic rings. The Kier molecular flexibility index (Phi) is 3.69. The summed E-state index contributed by atoms with van der Waals surface area (Å²) in [6.07, 6.45) is 4.29. The molecular formula is C15H18FN3O. The zero-order valence-electron chi connectivity index (χ0n) is 11.5. The molecule has 5 heteroatoms. The molecule has 3 rings (SSSR count). The molecule has 0 bridgehead atoms. The van der Waals surface area contributed by atoms with Gasteiger partial charge in [-0.05, 0) is 36.6 Å². The number of aryl methyl sites for hydroxylation is 1. The molecule has 1 fully saturated rings. The lowest BCUT2D eigenvalue weighted by Gasteiger charge is -2.08. The van der Waals surface area contributed by atoms with Gasteiger partial charge in [-0.1, -0.05) is 6.07 Å². The van der Waals surface area contributed by atoms with Gasteiger partial charge < -0.3 is 10.1 Å². The number of hydrogen-bond acceptors (Lipinski definition) is 3. The number of nitrogens with zero attached hydrogens (tertiary/aromatic N) is 2. The maximum atomic E-state index is 13.9. The molecule has 0 amide bonds. The maximum absolute atomic E-state index is 13.9. The molecule has 0 radical (unpaired) electrons. The molecule has 0 aliphatic heterocycles. The van der Waals surface area contributed by atoms with Gasteiger partial charge in [0, 0.05) is 25.8 Å². The van der Waals surface area contributed by atoms with Crippen LogP contribution in [-0.4, -0.2) is 15.8 Å². The Balaban J connectivity index is 1.58. The summed E-state index contributed by atoms with van der Waals surface area (Å²) in [6, 6.07) is 7.58. The summed E-state index contributed by atoms with van der Waals surface area (Å²) in [5, 5.41) is 7.55. The lowest BCUT2D eigenvalue weighted by molar-refractivity contribution is 0.284. The molecular weight excluding hydrogens is 257 g/mol. The average Bonchev–Trinajstić information content (AvgIpc) is 3.17. The first kappa shape index (κ1) is 13.1. The Morgan fingerprint density at radius 2 is 2.25 bits per heavy atom. The summed E-state index contributed by atoms with van der Waals surface area (Å²) >= 11 is 0. The summed E-state index contributed by atoms with van der Waals surface area (Å²) in [6.45, 7) is 0.986. The first-order valence-electron chi connectivity index (χ1n) is 6.84. The zero-order chi connectivity index (χ0) is 13.9. The van der Waals surface area contributed by atoms with Crippen LogP contribution in [-0.2, 0) is 20.2 Å². The number of aromatic nitrogens is 2. The molecule has 1 aromatic carbocycles. The van der Waals surface area contributed by atoms with Crippen molar-refractivity contribution in [2.75, 3.05) is 0 Å². The predicted molar refractivity (Wildman–Crippen MR) is 73.8 cm³/mol. The lowest BCUT2D eigenvalue weighted by Crippen LogP contribution is -2.15. The fourth-order valence-corrected chi connectivity index (χ4v) is 2.01. The minimum absolute atomic E-state index is 0.269. The van der Waals surface area contributed by atoms with Gasteiger partial charge in [0.05, 0.1) is 5.69 Å². The van der Waals surface area contributed by atoms with Gasteiger partial charge in [0.1, 0.15) is 6.61 Å². The fraction of sp³-hybridized carbons (Fsp3) is 0.400. The van der Waals surface area contributed by atoms with Crippen molar-refractivity contribution in [1.82, 2.24) is 15.1 Å². The summed E-state index contributed by atoms with van der Waals surface area (Å²) in [7, 11) is 1.84. The molecule has 20 heavy (non-hydrogen) atoms. The first-order chi connectivity index (χ1) is 9.70. The minimum atomic E-state index is -0.323. The normalized spacial score (nSPS) is 14.5. The van der Waals surface area contributed by atoms with E-state index in [2.05, 4.69) is 10.4 Å². The van der Waals surface area contributed by atoms with Crippen LogP contribution >= 0.6 is 0 Å². The Hall–Kier alpha value is -1.88. The van der Waals surface area contributed by atoms with E-state index in [9.17, 15) is 4.39 Å². The molecule has 1 saturated carbocycles. The van der Waals surface area contributed by atoms with Crippen LogP contribution in [0.15, 0.2) is 30.5 Å². The maximum Gasteiger partial charge on any atom is 0.165 e. The van der Waals surface area contributed by atoms with Crippen molar-refractivity contribution in [3.8, 4) is 5.75 Å². The number of nitrogens with one attached hydrogen (secondary N) is 1. The van der Waals surface area contributed by atoms with E-state index < -0.39 is 0 Å². The van der Waals surface area contributed by atoms with Crippen LogP contribution in [0.25, 0.3) is 0 Å². The molecule has 106 valence electrons. The van der Waals surface area contributed by atoms with E-state index in [1.165, 1.54) is 18.9 Å². The second-order valence-electron chi connectivity index (χ2n) is 5.19. The zero-order valence-corrected chi connectivity index (χ0v) is 11.5. The van der Waals surface area contributed by atoms with E-state index in [-0.39, 0.29) is 18.2 Å². The SMILES string of the molecule is Cn1ccc(COc2ccc(CNC3CC3)cc2F)n1. The smallest absolute Gasteiger partial charge is 0.165 e. The Bertz CT molecular complexity index is 593. The van der Waals surface area contributed by atoms with Crippen molar-refractivity contribution in [3.05, 3.63) is 47.5 Å². The van der Waals surface area contributed by atoms with E-state index in [1.807, 2.05) is 25.4 Å². The topological polar surface area (TPSA) is 39.1 Å². The molecule has 1 aliphatic carbocycles. The van der Waals surface area contributed by atoms with E-state index in [0.29, 0.717) is 12.6 Å². The van der Waals surface area contributed by atoms with Crippen molar-refractivity contribution in [1.29, 1.82) is 0 Å². The van der Waals surface area contributed by atoms with Gasteiger partial charge in [0.15, 0.2) is 11.6 Å². The van der Waals surface area contributed by atoms with Crippen LogP contribution in [0.1, 0.15) is 24.1 Å². The number of halogens is 1. The van der Waals surface area contributed by atoms with Gasteiger partial charge in [0.2, 0.25) is 0 Å². The van der Waals surface area contributed by atoms with Gasteiger partial charge >= 0.3 is 0 Å². The van der Waals surface area contributed by atoms with E-state index in [4.69, 9.17) is 4.74 Å². The van der Waals surface area contributed by atoms with Crippen molar-refractivity contribution >= 4 is 0 Å².